The molecule has 0 spiro atoms. The van der Waals surface area contributed by atoms with E-state index in [0.29, 0.717) is 5.82 Å². The van der Waals surface area contributed by atoms with Crippen molar-refractivity contribution >= 4 is 17.3 Å². The molecule has 0 amide bonds. The first kappa shape index (κ1) is 14.2. The molecule has 1 rings (SSSR count). The SMILES string of the molecule is CCCNc1ccc([N+](=O)[O-])c(NCC(C)O)n1. The number of nitrogens with zero attached hydrogens (tertiary/aromatic N) is 2. The van der Waals surface area contributed by atoms with E-state index < -0.39 is 11.0 Å². The van der Waals surface area contributed by atoms with Crippen molar-refractivity contribution in [1.82, 2.24) is 4.98 Å². The highest BCUT2D eigenvalue weighted by atomic mass is 16.6. The monoisotopic (exact) mass is 254 g/mol. The van der Waals surface area contributed by atoms with Gasteiger partial charge in [0.1, 0.15) is 5.82 Å². The maximum absolute atomic E-state index is 10.8. The molecule has 100 valence electrons. The Kier molecular flexibility index (Phi) is 5.31. The van der Waals surface area contributed by atoms with Gasteiger partial charge in [-0.3, -0.25) is 10.1 Å². The van der Waals surface area contributed by atoms with Gasteiger partial charge in [0.05, 0.1) is 11.0 Å². The van der Waals surface area contributed by atoms with E-state index >= 15 is 0 Å². The number of pyridine rings is 1. The molecule has 0 saturated carbocycles. The van der Waals surface area contributed by atoms with Crippen LogP contribution in [0.5, 0.6) is 0 Å². The van der Waals surface area contributed by atoms with Gasteiger partial charge < -0.3 is 15.7 Å². The van der Waals surface area contributed by atoms with E-state index in [1.165, 1.54) is 6.07 Å². The summed E-state index contributed by atoms with van der Waals surface area (Å²) in [5.41, 5.74) is -0.0994. The number of rotatable bonds is 7. The molecule has 1 aromatic rings. The number of aliphatic hydroxyl groups is 1. The second kappa shape index (κ2) is 6.75. The van der Waals surface area contributed by atoms with Gasteiger partial charge in [-0.05, 0) is 19.4 Å². The smallest absolute Gasteiger partial charge is 0.311 e. The topological polar surface area (TPSA) is 100 Å². The first-order chi connectivity index (χ1) is 8.54. The van der Waals surface area contributed by atoms with E-state index in [1.54, 1.807) is 13.0 Å². The Balaban J connectivity index is 2.88. The third-order valence-electron chi connectivity index (χ3n) is 2.19. The van der Waals surface area contributed by atoms with Crippen molar-refractivity contribution in [3.05, 3.63) is 22.2 Å². The zero-order valence-corrected chi connectivity index (χ0v) is 10.5. The Morgan fingerprint density at radius 3 is 2.78 bits per heavy atom. The fourth-order valence-electron chi connectivity index (χ4n) is 1.33. The van der Waals surface area contributed by atoms with Crippen molar-refractivity contribution in [3.8, 4) is 0 Å². The summed E-state index contributed by atoms with van der Waals surface area (Å²) in [4.78, 5) is 14.5. The zero-order chi connectivity index (χ0) is 13.5. The lowest BCUT2D eigenvalue weighted by Crippen LogP contribution is -2.17. The molecule has 7 nitrogen and oxygen atoms in total. The maximum Gasteiger partial charge on any atom is 0.311 e. The van der Waals surface area contributed by atoms with Gasteiger partial charge in [-0.15, -0.1) is 0 Å². The van der Waals surface area contributed by atoms with Crippen LogP contribution in [0.3, 0.4) is 0 Å². The molecular formula is C11H18N4O3. The number of anilines is 2. The minimum Gasteiger partial charge on any atom is -0.392 e. The summed E-state index contributed by atoms with van der Waals surface area (Å²) >= 11 is 0. The number of aliphatic hydroxyl groups excluding tert-OH is 1. The lowest BCUT2D eigenvalue weighted by Gasteiger charge is -2.10. The van der Waals surface area contributed by atoms with Gasteiger partial charge in [0, 0.05) is 19.2 Å². The van der Waals surface area contributed by atoms with Crippen molar-refractivity contribution in [1.29, 1.82) is 0 Å². The number of hydrogen-bond acceptors (Lipinski definition) is 6. The molecule has 1 unspecified atom stereocenters. The van der Waals surface area contributed by atoms with Gasteiger partial charge in [0.15, 0.2) is 0 Å². The van der Waals surface area contributed by atoms with Gasteiger partial charge in [-0.1, -0.05) is 6.92 Å². The van der Waals surface area contributed by atoms with E-state index in [2.05, 4.69) is 15.6 Å². The van der Waals surface area contributed by atoms with Crippen molar-refractivity contribution in [2.45, 2.75) is 26.4 Å². The van der Waals surface area contributed by atoms with Crippen LogP contribution in [0.4, 0.5) is 17.3 Å². The third kappa shape index (κ3) is 4.17. The molecule has 1 atom stereocenters. The molecule has 0 aliphatic rings. The first-order valence-corrected chi connectivity index (χ1v) is 5.85. The molecule has 7 heteroatoms. The Morgan fingerprint density at radius 1 is 1.50 bits per heavy atom. The van der Waals surface area contributed by atoms with Crippen LogP contribution in [0.1, 0.15) is 20.3 Å². The fraction of sp³-hybridized carbons (Fsp3) is 0.545. The normalized spacial score (nSPS) is 11.9. The number of nitro groups is 1. The van der Waals surface area contributed by atoms with Gasteiger partial charge in [0.25, 0.3) is 0 Å². The third-order valence-corrected chi connectivity index (χ3v) is 2.19. The van der Waals surface area contributed by atoms with Crippen molar-refractivity contribution in [2.75, 3.05) is 23.7 Å². The highest BCUT2D eigenvalue weighted by molar-refractivity contribution is 5.60. The molecule has 0 aliphatic heterocycles. The molecule has 18 heavy (non-hydrogen) atoms. The van der Waals surface area contributed by atoms with Crippen LogP contribution in [-0.4, -0.2) is 34.2 Å². The summed E-state index contributed by atoms with van der Waals surface area (Å²) in [5.74, 6) is 0.748. The van der Waals surface area contributed by atoms with Gasteiger partial charge in [0.2, 0.25) is 5.82 Å². The largest absolute Gasteiger partial charge is 0.392 e. The summed E-state index contributed by atoms with van der Waals surface area (Å²) in [6.45, 7) is 4.58. The van der Waals surface area contributed by atoms with Crippen LogP contribution in [-0.2, 0) is 0 Å². The molecule has 3 N–H and O–H groups in total. The van der Waals surface area contributed by atoms with Crippen LogP contribution in [0.25, 0.3) is 0 Å². The van der Waals surface area contributed by atoms with E-state index in [1.807, 2.05) is 6.92 Å². The zero-order valence-electron chi connectivity index (χ0n) is 10.5. The Hall–Kier alpha value is -1.89. The van der Waals surface area contributed by atoms with Gasteiger partial charge >= 0.3 is 5.69 Å². The summed E-state index contributed by atoms with van der Waals surface area (Å²) in [5, 5.41) is 25.8. The molecule has 0 saturated heterocycles. The summed E-state index contributed by atoms with van der Waals surface area (Å²) in [6.07, 6.45) is 0.341. The summed E-state index contributed by atoms with van der Waals surface area (Å²) < 4.78 is 0. The highest BCUT2D eigenvalue weighted by Gasteiger charge is 2.16. The fourth-order valence-corrected chi connectivity index (χ4v) is 1.33. The van der Waals surface area contributed by atoms with Crippen molar-refractivity contribution < 1.29 is 10.0 Å². The predicted molar refractivity (Wildman–Crippen MR) is 69.8 cm³/mol. The van der Waals surface area contributed by atoms with Crippen LogP contribution in [0, 0.1) is 10.1 Å². The van der Waals surface area contributed by atoms with Gasteiger partial charge in [-0.2, -0.15) is 0 Å². The van der Waals surface area contributed by atoms with Crippen molar-refractivity contribution in [3.63, 3.8) is 0 Å². The van der Waals surface area contributed by atoms with Crippen LogP contribution in [0.15, 0.2) is 12.1 Å². The molecule has 0 fully saturated rings. The molecule has 0 radical (unpaired) electrons. The Morgan fingerprint density at radius 2 is 2.22 bits per heavy atom. The second-order valence-corrected chi connectivity index (χ2v) is 3.98. The van der Waals surface area contributed by atoms with Crippen LogP contribution in [0.2, 0.25) is 0 Å². The van der Waals surface area contributed by atoms with Crippen molar-refractivity contribution in [2.24, 2.45) is 0 Å². The highest BCUT2D eigenvalue weighted by Crippen LogP contribution is 2.23. The maximum atomic E-state index is 10.8. The minimum absolute atomic E-state index is 0.0994. The van der Waals surface area contributed by atoms with E-state index in [0.717, 1.165) is 13.0 Å². The summed E-state index contributed by atoms with van der Waals surface area (Å²) in [7, 11) is 0. The Labute approximate surface area is 105 Å². The van der Waals surface area contributed by atoms with E-state index in [4.69, 9.17) is 0 Å². The first-order valence-electron chi connectivity index (χ1n) is 5.85. The summed E-state index contributed by atoms with van der Waals surface area (Å²) in [6, 6.07) is 2.97. The minimum atomic E-state index is -0.598. The molecule has 0 bridgehead atoms. The average Bonchev–Trinajstić information content (AvgIpc) is 2.33. The number of nitrogens with one attached hydrogen (secondary N) is 2. The predicted octanol–water partition coefficient (Wildman–Crippen LogP) is 1.60. The molecular weight excluding hydrogens is 236 g/mol. The number of hydrogen-bond donors (Lipinski definition) is 3. The quantitative estimate of drug-likeness (QED) is 0.505. The van der Waals surface area contributed by atoms with Crippen LogP contribution >= 0.6 is 0 Å². The molecule has 1 heterocycles. The average molecular weight is 254 g/mol. The standard InChI is InChI=1S/C11H18N4O3/c1-3-6-12-10-5-4-9(15(17)18)11(14-10)13-7-8(2)16/h4-5,8,16H,3,6-7H2,1-2H3,(H2,12,13,14). The van der Waals surface area contributed by atoms with E-state index in [9.17, 15) is 15.2 Å². The second-order valence-electron chi connectivity index (χ2n) is 3.98. The molecule has 1 aromatic heterocycles. The molecule has 0 aromatic carbocycles. The van der Waals surface area contributed by atoms with Gasteiger partial charge in [-0.25, -0.2) is 4.98 Å². The van der Waals surface area contributed by atoms with E-state index in [-0.39, 0.29) is 18.1 Å². The lowest BCUT2D eigenvalue weighted by atomic mass is 10.3. The Bertz CT molecular complexity index is 409. The lowest BCUT2D eigenvalue weighted by molar-refractivity contribution is -0.384. The molecule has 0 aliphatic carbocycles. The number of aromatic nitrogens is 1. The van der Waals surface area contributed by atoms with Crippen LogP contribution < -0.4 is 10.6 Å².